The lowest BCUT2D eigenvalue weighted by atomic mass is 10.0. The van der Waals surface area contributed by atoms with Crippen LogP contribution in [-0.2, 0) is 0 Å². The van der Waals surface area contributed by atoms with Crippen molar-refractivity contribution < 1.29 is 18.3 Å². The zero-order valence-corrected chi connectivity index (χ0v) is 16.1. The van der Waals surface area contributed by atoms with Gasteiger partial charge in [-0.2, -0.15) is 0 Å². The van der Waals surface area contributed by atoms with E-state index < -0.39 is 12.5 Å². The number of nitrogens with zero attached hydrogens (tertiary/aromatic N) is 1. The first-order chi connectivity index (χ1) is 10.1. The van der Waals surface area contributed by atoms with Crippen molar-refractivity contribution in [2.24, 2.45) is 0 Å². The van der Waals surface area contributed by atoms with Gasteiger partial charge < -0.3 is 14.8 Å². The number of hydrogen-bond donors (Lipinski definition) is 1. The van der Waals surface area contributed by atoms with E-state index in [0.29, 0.717) is 47.7 Å². The molecule has 1 aliphatic rings. The molecule has 1 aliphatic heterocycles. The van der Waals surface area contributed by atoms with Crippen molar-refractivity contribution in [1.82, 2.24) is 10.2 Å². The van der Waals surface area contributed by atoms with Gasteiger partial charge in [-0.25, -0.2) is 8.78 Å². The highest BCUT2D eigenvalue weighted by atomic mass is 79.9. The van der Waals surface area contributed by atoms with E-state index in [0.717, 1.165) is 0 Å². The normalized spacial score (nSPS) is 16.3. The number of piperazine rings is 1. The molecular weight excluding hydrogens is 417 g/mol. The summed E-state index contributed by atoms with van der Waals surface area (Å²) in [5, 5.41) is 3.17. The van der Waals surface area contributed by atoms with Crippen LogP contribution in [0.1, 0.15) is 11.6 Å². The second-order valence-corrected chi connectivity index (χ2v) is 5.65. The van der Waals surface area contributed by atoms with E-state index in [1.54, 1.807) is 17.0 Å². The Bertz CT molecular complexity index is 492. The van der Waals surface area contributed by atoms with Gasteiger partial charge in [0, 0.05) is 30.7 Å². The molecule has 1 saturated heterocycles. The Hall–Kier alpha value is -0.340. The van der Waals surface area contributed by atoms with E-state index in [1.165, 1.54) is 14.2 Å². The van der Waals surface area contributed by atoms with Gasteiger partial charge in [-0.3, -0.25) is 4.90 Å². The van der Waals surface area contributed by atoms with E-state index in [4.69, 9.17) is 9.47 Å². The van der Waals surface area contributed by atoms with Crippen LogP contribution in [0.15, 0.2) is 16.6 Å². The third-order valence-electron chi connectivity index (χ3n) is 3.61. The molecule has 4 nitrogen and oxygen atoms in total. The first-order valence-electron chi connectivity index (χ1n) is 6.72. The Kier molecular flexibility index (Phi) is 10.4. The zero-order chi connectivity index (χ0) is 15.4. The maximum Gasteiger partial charge on any atom is 0.258 e. The Morgan fingerprint density at radius 2 is 1.61 bits per heavy atom. The number of hydrogen-bond acceptors (Lipinski definition) is 4. The third-order valence-corrected chi connectivity index (χ3v) is 4.29. The summed E-state index contributed by atoms with van der Waals surface area (Å²) in [6.45, 7) is 2.62. The monoisotopic (exact) mass is 436 g/mol. The molecule has 9 heteroatoms. The van der Waals surface area contributed by atoms with Crippen LogP contribution in [0.3, 0.4) is 0 Å². The van der Waals surface area contributed by atoms with Gasteiger partial charge in [0.05, 0.1) is 20.3 Å². The van der Waals surface area contributed by atoms with Crippen LogP contribution < -0.4 is 14.8 Å². The van der Waals surface area contributed by atoms with Crippen LogP contribution in [0.2, 0.25) is 0 Å². The number of benzene rings is 1. The molecule has 1 aromatic carbocycles. The second kappa shape index (κ2) is 10.5. The van der Waals surface area contributed by atoms with Crippen molar-refractivity contribution in [2.45, 2.75) is 12.5 Å². The van der Waals surface area contributed by atoms with Crippen molar-refractivity contribution in [3.63, 3.8) is 0 Å². The predicted octanol–water partition coefficient (Wildman–Crippen LogP) is 3.52. The molecule has 0 radical (unpaired) electrons. The lowest BCUT2D eigenvalue weighted by molar-refractivity contribution is 0.0177. The number of rotatable bonds is 5. The summed E-state index contributed by atoms with van der Waals surface area (Å²) in [5.74, 6) is 0.970. The second-order valence-electron chi connectivity index (χ2n) is 4.79. The largest absolute Gasteiger partial charge is 0.493 e. The van der Waals surface area contributed by atoms with Crippen molar-refractivity contribution >= 4 is 40.7 Å². The molecule has 1 aromatic rings. The molecule has 23 heavy (non-hydrogen) atoms. The zero-order valence-electron chi connectivity index (χ0n) is 12.9. The SMILES string of the molecule is COc1cc(Br)c([C@H](C(F)F)N2CCNCC2)cc1OC.Cl.Cl. The molecule has 0 spiro atoms. The highest BCUT2D eigenvalue weighted by molar-refractivity contribution is 9.10. The molecule has 0 unspecified atom stereocenters. The standard InChI is InChI=1S/C14H19BrF2N2O2.2ClH/c1-20-11-7-9(10(15)8-12(11)21-2)13(14(16)17)19-5-3-18-4-6-19;;/h7-8,13-14,18H,3-6H2,1-2H3;2*1H/t13-;;/m1../s1. The number of nitrogens with one attached hydrogen (secondary N) is 1. The number of methoxy groups -OCH3 is 2. The molecule has 2 rings (SSSR count). The molecule has 0 bridgehead atoms. The fourth-order valence-corrected chi connectivity index (χ4v) is 3.11. The molecule has 0 amide bonds. The van der Waals surface area contributed by atoms with Gasteiger partial charge in [0.25, 0.3) is 6.43 Å². The number of alkyl halides is 2. The van der Waals surface area contributed by atoms with Gasteiger partial charge in [-0.05, 0) is 17.7 Å². The van der Waals surface area contributed by atoms with E-state index in [1.807, 2.05) is 0 Å². The first kappa shape index (κ1) is 22.7. The molecule has 1 N–H and O–H groups in total. The van der Waals surface area contributed by atoms with E-state index in [-0.39, 0.29) is 24.8 Å². The Labute approximate surface area is 155 Å². The van der Waals surface area contributed by atoms with Gasteiger partial charge in [-0.15, -0.1) is 24.8 Å². The van der Waals surface area contributed by atoms with E-state index in [2.05, 4.69) is 21.2 Å². The van der Waals surface area contributed by atoms with E-state index in [9.17, 15) is 8.78 Å². The van der Waals surface area contributed by atoms with Crippen LogP contribution in [-0.4, -0.2) is 51.7 Å². The molecule has 1 heterocycles. The maximum atomic E-state index is 13.6. The van der Waals surface area contributed by atoms with E-state index >= 15 is 0 Å². The van der Waals surface area contributed by atoms with Crippen molar-refractivity contribution in [2.75, 3.05) is 40.4 Å². The summed E-state index contributed by atoms with van der Waals surface area (Å²) >= 11 is 3.38. The summed E-state index contributed by atoms with van der Waals surface area (Å²) in [5.41, 5.74) is 0.518. The Morgan fingerprint density at radius 1 is 1.09 bits per heavy atom. The Balaban J connectivity index is 0.00000242. The molecule has 0 aromatic heterocycles. The number of halogens is 5. The molecule has 0 aliphatic carbocycles. The summed E-state index contributed by atoms with van der Waals surface area (Å²) in [6, 6.07) is 2.34. The topological polar surface area (TPSA) is 33.7 Å². The summed E-state index contributed by atoms with van der Waals surface area (Å²) in [4.78, 5) is 1.80. The van der Waals surface area contributed by atoms with Crippen molar-refractivity contribution in [3.05, 3.63) is 22.2 Å². The minimum Gasteiger partial charge on any atom is -0.493 e. The summed E-state index contributed by atoms with van der Waals surface area (Å²) in [7, 11) is 3.02. The minimum absolute atomic E-state index is 0. The van der Waals surface area contributed by atoms with Gasteiger partial charge >= 0.3 is 0 Å². The quantitative estimate of drug-likeness (QED) is 0.764. The minimum atomic E-state index is -2.47. The summed E-state index contributed by atoms with van der Waals surface area (Å²) in [6.07, 6.45) is -2.47. The fraction of sp³-hybridized carbons (Fsp3) is 0.571. The molecular formula is C14H21BrCl2F2N2O2. The smallest absolute Gasteiger partial charge is 0.258 e. The van der Waals surface area contributed by atoms with Gasteiger partial charge in [0.15, 0.2) is 11.5 Å². The highest BCUT2D eigenvalue weighted by Crippen LogP contribution is 2.39. The van der Waals surface area contributed by atoms with Crippen LogP contribution in [0, 0.1) is 0 Å². The molecule has 0 saturated carbocycles. The van der Waals surface area contributed by atoms with Crippen LogP contribution in [0.25, 0.3) is 0 Å². The average Bonchev–Trinajstić information content (AvgIpc) is 2.49. The molecule has 1 fully saturated rings. The molecule has 1 atom stereocenters. The lowest BCUT2D eigenvalue weighted by Gasteiger charge is -2.35. The van der Waals surface area contributed by atoms with Gasteiger partial charge in [-0.1, -0.05) is 15.9 Å². The lowest BCUT2D eigenvalue weighted by Crippen LogP contribution is -2.47. The van der Waals surface area contributed by atoms with Crippen LogP contribution in [0.5, 0.6) is 11.5 Å². The number of ether oxygens (including phenoxy) is 2. The van der Waals surface area contributed by atoms with Gasteiger partial charge in [0.2, 0.25) is 0 Å². The third kappa shape index (κ3) is 5.32. The van der Waals surface area contributed by atoms with Crippen molar-refractivity contribution in [1.29, 1.82) is 0 Å². The maximum absolute atomic E-state index is 13.6. The summed E-state index contributed by atoms with van der Waals surface area (Å²) < 4.78 is 38.2. The molecule has 134 valence electrons. The fourth-order valence-electron chi connectivity index (χ4n) is 2.55. The highest BCUT2D eigenvalue weighted by Gasteiger charge is 2.32. The first-order valence-corrected chi connectivity index (χ1v) is 7.52. The average molecular weight is 438 g/mol. The van der Waals surface area contributed by atoms with Crippen LogP contribution >= 0.6 is 40.7 Å². The van der Waals surface area contributed by atoms with Gasteiger partial charge in [0.1, 0.15) is 0 Å². The predicted molar refractivity (Wildman–Crippen MR) is 94.9 cm³/mol. The van der Waals surface area contributed by atoms with Crippen LogP contribution in [0.4, 0.5) is 8.78 Å². The Morgan fingerprint density at radius 3 is 2.09 bits per heavy atom. The van der Waals surface area contributed by atoms with Crippen molar-refractivity contribution in [3.8, 4) is 11.5 Å².